The van der Waals surface area contributed by atoms with Gasteiger partial charge in [0.1, 0.15) is 0 Å². The third-order valence-corrected chi connectivity index (χ3v) is 3.26. The summed E-state index contributed by atoms with van der Waals surface area (Å²) in [5, 5.41) is 11.6. The van der Waals surface area contributed by atoms with Crippen LogP contribution in [0.25, 0.3) is 0 Å². The smallest absolute Gasteiger partial charge is 0.222 e. The Labute approximate surface area is 113 Å². The molecule has 4 heteroatoms. The van der Waals surface area contributed by atoms with Crippen molar-refractivity contribution in [2.24, 2.45) is 0 Å². The summed E-state index contributed by atoms with van der Waals surface area (Å²) >= 11 is 0. The molecule has 4 nitrogen and oxygen atoms in total. The third kappa shape index (κ3) is 4.38. The molecule has 1 N–H and O–H groups in total. The van der Waals surface area contributed by atoms with Crippen LogP contribution in [0.4, 0.5) is 0 Å². The molecule has 1 aromatic rings. The zero-order chi connectivity index (χ0) is 13.5. The molecular formula is C15H18N2O2. The highest BCUT2D eigenvalue weighted by molar-refractivity contribution is 5.76. The number of nitriles is 1. The molecule has 100 valence electrons. The van der Waals surface area contributed by atoms with Crippen molar-refractivity contribution in [3.05, 3.63) is 35.4 Å². The quantitative estimate of drug-likeness (QED) is 0.900. The summed E-state index contributed by atoms with van der Waals surface area (Å²) in [6, 6.07) is 9.29. The second-order valence-corrected chi connectivity index (χ2v) is 4.78. The van der Waals surface area contributed by atoms with Gasteiger partial charge in [-0.1, -0.05) is 12.1 Å². The van der Waals surface area contributed by atoms with E-state index in [1.165, 1.54) is 0 Å². The molecule has 0 radical (unpaired) electrons. The van der Waals surface area contributed by atoms with E-state index in [1.807, 2.05) is 12.1 Å². The van der Waals surface area contributed by atoms with Gasteiger partial charge in [-0.2, -0.15) is 5.26 Å². The second-order valence-electron chi connectivity index (χ2n) is 4.78. The standard InChI is InChI=1S/C15H18N2O2/c16-10-12-4-6-13(7-5-12)11-17-15(18)9-14-3-1-2-8-19-14/h4-7,14H,1-3,8-9,11H2,(H,17,18). The van der Waals surface area contributed by atoms with Crippen molar-refractivity contribution in [3.8, 4) is 6.07 Å². The predicted molar refractivity (Wildman–Crippen MR) is 71.2 cm³/mol. The molecule has 0 bridgehead atoms. The zero-order valence-corrected chi connectivity index (χ0v) is 10.9. The van der Waals surface area contributed by atoms with Crippen LogP contribution >= 0.6 is 0 Å². The molecule has 1 unspecified atom stereocenters. The summed E-state index contributed by atoms with van der Waals surface area (Å²) < 4.78 is 5.53. The molecule has 0 saturated carbocycles. The highest BCUT2D eigenvalue weighted by Crippen LogP contribution is 2.15. The molecule has 2 rings (SSSR count). The topological polar surface area (TPSA) is 62.1 Å². The SMILES string of the molecule is N#Cc1ccc(CNC(=O)CC2CCCCO2)cc1. The van der Waals surface area contributed by atoms with E-state index >= 15 is 0 Å². The first-order chi connectivity index (χ1) is 9.28. The van der Waals surface area contributed by atoms with E-state index in [9.17, 15) is 4.79 Å². The zero-order valence-electron chi connectivity index (χ0n) is 10.9. The van der Waals surface area contributed by atoms with Crippen LogP contribution in [-0.4, -0.2) is 18.6 Å². The first kappa shape index (κ1) is 13.6. The van der Waals surface area contributed by atoms with Gasteiger partial charge in [-0.25, -0.2) is 0 Å². The van der Waals surface area contributed by atoms with E-state index < -0.39 is 0 Å². The van der Waals surface area contributed by atoms with Crippen LogP contribution in [0.2, 0.25) is 0 Å². The molecule has 1 saturated heterocycles. The highest BCUT2D eigenvalue weighted by Gasteiger charge is 2.17. The summed E-state index contributed by atoms with van der Waals surface area (Å²) in [4.78, 5) is 11.8. The maximum atomic E-state index is 11.8. The lowest BCUT2D eigenvalue weighted by atomic mass is 10.1. The molecule has 1 aliphatic heterocycles. The van der Waals surface area contributed by atoms with Crippen LogP contribution < -0.4 is 5.32 Å². The first-order valence-electron chi connectivity index (χ1n) is 6.65. The lowest BCUT2D eigenvalue weighted by Gasteiger charge is -2.21. The van der Waals surface area contributed by atoms with E-state index in [-0.39, 0.29) is 12.0 Å². The average molecular weight is 258 g/mol. The van der Waals surface area contributed by atoms with Gasteiger partial charge >= 0.3 is 0 Å². The summed E-state index contributed by atoms with van der Waals surface area (Å²) in [7, 11) is 0. The lowest BCUT2D eigenvalue weighted by molar-refractivity contribution is -0.125. The molecule has 1 heterocycles. The van der Waals surface area contributed by atoms with Gasteiger partial charge in [0.15, 0.2) is 0 Å². The number of carbonyl (C=O) groups excluding carboxylic acids is 1. The normalized spacial score (nSPS) is 18.6. The average Bonchev–Trinajstić information content (AvgIpc) is 2.47. The Morgan fingerprint density at radius 1 is 1.37 bits per heavy atom. The molecule has 0 spiro atoms. The van der Waals surface area contributed by atoms with Crippen LogP contribution in [0.3, 0.4) is 0 Å². The molecule has 1 fully saturated rings. The number of rotatable bonds is 4. The third-order valence-electron chi connectivity index (χ3n) is 3.26. The van der Waals surface area contributed by atoms with Crippen molar-refractivity contribution in [1.82, 2.24) is 5.32 Å². The minimum atomic E-state index is 0.0243. The van der Waals surface area contributed by atoms with Crippen molar-refractivity contribution in [3.63, 3.8) is 0 Å². The lowest BCUT2D eigenvalue weighted by Crippen LogP contribution is -2.30. The Kier molecular flexibility index (Phi) is 4.93. The van der Waals surface area contributed by atoms with E-state index in [2.05, 4.69) is 11.4 Å². The largest absolute Gasteiger partial charge is 0.378 e. The molecule has 0 aromatic heterocycles. The second kappa shape index (κ2) is 6.91. The Morgan fingerprint density at radius 2 is 2.16 bits per heavy atom. The predicted octanol–water partition coefficient (Wildman–Crippen LogP) is 2.13. The molecule has 1 amide bonds. The summed E-state index contributed by atoms with van der Waals surface area (Å²) in [6.45, 7) is 1.27. The van der Waals surface area contributed by atoms with Gasteiger partial charge < -0.3 is 10.1 Å². The fraction of sp³-hybridized carbons (Fsp3) is 0.467. The molecule has 1 aliphatic rings. The highest BCUT2D eigenvalue weighted by atomic mass is 16.5. The van der Waals surface area contributed by atoms with Crippen molar-refractivity contribution in [1.29, 1.82) is 5.26 Å². The molecule has 0 aliphatic carbocycles. The van der Waals surface area contributed by atoms with Crippen LogP contribution in [-0.2, 0) is 16.1 Å². The van der Waals surface area contributed by atoms with Crippen molar-refractivity contribution < 1.29 is 9.53 Å². The monoisotopic (exact) mass is 258 g/mol. The Balaban J connectivity index is 1.74. The Bertz CT molecular complexity index is 456. The maximum absolute atomic E-state index is 11.8. The fourth-order valence-corrected chi connectivity index (χ4v) is 2.15. The number of ether oxygens (including phenoxy) is 1. The van der Waals surface area contributed by atoms with Crippen LogP contribution in [0.15, 0.2) is 24.3 Å². The minimum Gasteiger partial charge on any atom is -0.378 e. The van der Waals surface area contributed by atoms with E-state index in [1.54, 1.807) is 12.1 Å². The number of benzene rings is 1. The minimum absolute atomic E-state index is 0.0243. The van der Waals surface area contributed by atoms with Crippen LogP contribution in [0.1, 0.15) is 36.8 Å². The summed E-state index contributed by atoms with van der Waals surface area (Å²) in [5.41, 5.74) is 1.63. The Morgan fingerprint density at radius 3 is 2.79 bits per heavy atom. The summed E-state index contributed by atoms with van der Waals surface area (Å²) in [6.07, 6.45) is 3.74. The number of carbonyl (C=O) groups is 1. The number of amides is 1. The van der Waals surface area contributed by atoms with Crippen molar-refractivity contribution in [2.75, 3.05) is 6.61 Å². The van der Waals surface area contributed by atoms with Crippen LogP contribution in [0, 0.1) is 11.3 Å². The molecule has 1 aromatic carbocycles. The summed E-state index contributed by atoms with van der Waals surface area (Å²) in [5.74, 6) is 0.0243. The number of hydrogen-bond acceptors (Lipinski definition) is 3. The van der Waals surface area contributed by atoms with Crippen molar-refractivity contribution >= 4 is 5.91 Å². The molecule has 19 heavy (non-hydrogen) atoms. The maximum Gasteiger partial charge on any atom is 0.222 e. The first-order valence-corrected chi connectivity index (χ1v) is 6.65. The van der Waals surface area contributed by atoms with Gasteiger partial charge in [0.05, 0.1) is 24.2 Å². The van der Waals surface area contributed by atoms with Gasteiger partial charge in [-0.15, -0.1) is 0 Å². The van der Waals surface area contributed by atoms with Gasteiger partial charge in [0, 0.05) is 13.2 Å². The van der Waals surface area contributed by atoms with Gasteiger partial charge in [-0.3, -0.25) is 4.79 Å². The van der Waals surface area contributed by atoms with Gasteiger partial charge in [-0.05, 0) is 37.0 Å². The van der Waals surface area contributed by atoms with E-state index in [0.717, 1.165) is 31.4 Å². The number of nitrogens with zero attached hydrogens (tertiary/aromatic N) is 1. The number of nitrogens with one attached hydrogen (secondary N) is 1. The van der Waals surface area contributed by atoms with Gasteiger partial charge in [0.2, 0.25) is 5.91 Å². The van der Waals surface area contributed by atoms with E-state index in [4.69, 9.17) is 10.00 Å². The molecule has 1 atom stereocenters. The van der Waals surface area contributed by atoms with Crippen molar-refractivity contribution in [2.45, 2.75) is 38.3 Å². The van der Waals surface area contributed by atoms with Gasteiger partial charge in [0.25, 0.3) is 0 Å². The molecular weight excluding hydrogens is 240 g/mol. The number of hydrogen-bond donors (Lipinski definition) is 1. The Hall–Kier alpha value is -1.86. The van der Waals surface area contributed by atoms with E-state index in [0.29, 0.717) is 18.5 Å². The van der Waals surface area contributed by atoms with Crippen LogP contribution in [0.5, 0.6) is 0 Å². The fourth-order valence-electron chi connectivity index (χ4n) is 2.15.